The van der Waals surface area contributed by atoms with Gasteiger partial charge in [0.15, 0.2) is 0 Å². The Morgan fingerprint density at radius 1 is 1.40 bits per heavy atom. The number of aromatic nitrogens is 1. The number of nitrogens with zero attached hydrogens (tertiary/aromatic N) is 2. The number of fused-ring (bicyclic) bond motifs is 1. The van der Waals surface area contributed by atoms with Crippen molar-refractivity contribution < 1.29 is 13.9 Å². The smallest absolute Gasteiger partial charge is 0.253 e. The van der Waals surface area contributed by atoms with Crippen LogP contribution in [-0.2, 0) is 16.1 Å². The highest BCUT2D eigenvalue weighted by molar-refractivity contribution is 5.94. The maximum absolute atomic E-state index is 12.4. The third kappa shape index (κ3) is 3.75. The second-order valence-electron chi connectivity index (χ2n) is 6.93. The average molecular weight is 341 g/mol. The molecular weight excluding hydrogens is 318 g/mol. The summed E-state index contributed by atoms with van der Waals surface area (Å²) in [7, 11) is 0. The summed E-state index contributed by atoms with van der Waals surface area (Å²) in [6.45, 7) is 4.62. The Labute approximate surface area is 147 Å². The van der Waals surface area contributed by atoms with Crippen molar-refractivity contribution in [2.45, 2.75) is 38.5 Å². The van der Waals surface area contributed by atoms with Gasteiger partial charge in [0.1, 0.15) is 17.6 Å². The number of amides is 1. The number of nitrogens with one attached hydrogen (secondary N) is 1. The second kappa shape index (κ2) is 6.98. The highest BCUT2D eigenvalue weighted by Crippen LogP contribution is 2.34. The molecule has 0 aromatic carbocycles. The normalized spacial score (nSPS) is 26.4. The largest absolute Gasteiger partial charge is 0.465 e. The molecule has 4 heterocycles. The first-order valence-corrected chi connectivity index (χ1v) is 8.81. The van der Waals surface area contributed by atoms with Crippen molar-refractivity contribution in [3.05, 3.63) is 48.2 Å². The molecule has 25 heavy (non-hydrogen) atoms. The van der Waals surface area contributed by atoms with E-state index in [1.54, 1.807) is 18.5 Å². The maximum Gasteiger partial charge on any atom is 0.253 e. The molecule has 132 valence electrons. The van der Waals surface area contributed by atoms with E-state index in [1.165, 1.54) is 0 Å². The highest BCUT2D eigenvalue weighted by Gasteiger charge is 2.41. The van der Waals surface area contributed by atoms with Gasteiger partial charge in [0.05, 0.1) is 24.5 Å². The molecule has 0 saturated carbocycles. The molecule has 3 atom stereocenters. The monoisotopic (exact) mass is 341 g/mol. The molecule has 2 aliphatic heterocycles. The average Bonchev–Trinajstić information content (AvgIpc) is 3.21. The fraction of sp³-hybridized carbons (Fsp3) is 0.474. The van der Waals surface area contributed by atoms with Crippen LogP contribution < -0.4 is 5.32 Å². The van der Waals surface area contributed by atoms with E-state index >= 15 is 0 Å². The van der Waals surface area contributed by atoms with Crippen molar-refractivity contribution in [1.29, 1.82) is 0 Å². The summed E-state index contributed by atoms with van der Waals surface area (Å²) < 4.78 is 11.7. The summed E-state index contributed by atoms with van der Waals surface area (Å²) in [5, 5.41) is 2.89. The van der Waals surface area contributed by atoms with Crippen molar-refractivity contribution in [3.63, 3.8) is 0 Å². The number of hydrogen-bond donors (Lipinski definition) is 1. The molecule has 0 unspecified atom stereocenters. The zero-order chi connectivity index (χ0) is 17.2. The molecule has 0 aliphatic carbocycles. The maximum atomic E-state index is 12.4. The lowest BCUT2D eigenvalue weighted by Gasteiger charge is -2.33. The first-order valence-electron chi connectivity index (χ1n) is 8.81. The van der Waals surface area contributed by atoms with Crippen LogP contribution in [0.1, 0.15) is 24.4 Å². The van der Waals surface area contributed by atoms with E-state index in [4.69, 9.17) is 9.15 Å². The number of carbonyl (C=O) groups excluding carboxylic acids is 1. The topological polar surface area (TPSA) is 67.6 Å². The fourth-order valence-corrected chi connectivity index (χ4v) is 3.76. The van der Waals surface area contributed by atoms with Gasteiger partial charge in [-0.15, -0.1) is 0 Å². The Morgan fingerprint density at radius 3 is 3.08 bits per heavy atom. The first kappa shape index (κ1) is 16.3. The number of furan rings is 1. The molecule has 6 heteroatoms. The number of rotatable bonds is 4. The van der Waals surface area contributed by atoms with Gasteiger partial charge in [-0.1, -0.05) is 0 Å². The molecule has 6 nitrogen and oxygen atoms in total. The van der Waals surface area contributed by atoms with Crippen LogP contribution in [0.2, 0.25) is 0 Å². The van der Waals surface area contributed by atoms with E-state index < -0.39 is 0 Å². The number of pyridine rings is 1. The molecule has 2 aliphatic rings. The van der Waals surface area contributed by atoms with E-state index in [2.05, 4.69) is 15.2 Å². The van der Waals surface area contributed by atoms with Crippen LogP contribution in [0, 0.1) is 12.8 Å². The molecule has 2 aromatic rings. The molecular formula is C19H23N3O3. The number of aryl methyl sites for hydroxylation is 1. The number of likely N-dealkylation sites (tertiary alicyclic amines) is 1. The van der Waals surface area contributed by atoms with E-state index in [9.17, 15) is 4.79 Å². The number of carbonyl (C=O) groups is 1. The third-order valence-electron chi connectivity index (χ3n) is 5.03. The van der Waals surface area contributed by atoms with Crippen LogP contribution >= 0.6 is 0 Å². The lowest BCUT2D eigenvalue weighted by atomic mass is 9.91. The summed E-state index contributed by atoms with van der Waals surface area (Å²) in [4.78, 5) is 18.8. The molecule has 0 bridgehead atoms. The molecule has 2 fully saturated rings. The van der Waals surface area contributed by atoms with E-state index in [-0.39, 0.29) is 18.1 Å². The molecule has 2 aromatic heterocycles. The van der Waals surface area contributed by atoms with Gasteiger partial charge in [0.25, 0.3) is 5.91 Å². The molecule has 0 radical (unpaired) electrons. The van der Waals surface area contributed by atoms with Crippen molar-refractivity contribution in [2.75, 3.05) is 18.4 Å². The summed E-state index contributed by atoms with van der Waals surface area (Å²) in [5.41, 5.74) is 0.709. The zero-order valence-corrected chi connectivity index (χ0v) is 14.4. The van der Waals surface area contributed by atoms with Gasteiger partial charge in [-0.3, -0.25) is 14.7 Å². The van der Waals surface area contributed by atoms with Gasteiger partial charge in [0, 0.05) is 12.7 Å². The van der Waals surface area contributed by atoms with Gasteiger partial charge in [0.2, 0.25) is 0 Å². The third-order valence-corrected chi connectivity index (χ3v) is 5.03. The van der Waals surface area contributed by atoms with Crippen molar-refractivity contribution >= 4 is 11.6 Å². The lowest BCUT2D eigenvalue weighted by molar-refractivity contribution is -0.127. The Morgan fingerprint density at radius 2 is 2.32 bits per heavy atom. The zero-order valence-electron chi connectivity index (χ0n) is 14.4. The van der Waals surface area contributed by atoms with E-state index in [0.29, 0.717) is 11.6 Å². The Hall–Kier alpha value is -2.18. The Balaban J connectivity index is 1.33. The first-order chi connectivity index (χ1) is 12.2. The molecule has 1 amide bonds. The Kier molecular flexibility index (Phi) is 4.55. The minimum Gasteiger partial charge on any atom is -0.465 e. The summed E-state index contributed by atoms with van der Waals surface area (Å²) in [5.74, 6) is 2.31. The SMILES string of the molecule is Cc1ccc(CN2CC[C@@H]3C[C@@H](C(=O)Nc4cccnc4)O[C@H]3C2)o1. The molecule has 2 saturated heterocycles. The van der Waals surface area contributed by atoms with Crippen LogP contribution in [0.25, 0.3) is 0 Å². The number of ether oxygens (including phenoxy) is 1. The van der Waals surface area contributed by atoms with Crippen LogP contribution in [-0.4, -0.2) is 41.1 Å². The van der Waals surface area contributed by atoms with E-state index in [0.717, 1.165) is 44.0 Å². The van der Waals surface area contributed by atoms with Crippen molar-refractivity contribution in [1.82, 2.24) is 9.88 Å². The predicted molar refractivity (Wildman–Crippen MR) is 93.0 cm³/mol. The van der Waals surface area contributed by atoms with Gasteiger partial charge in [-0.25, -0.2) is 0 Å². The van der Waals surface area contributed by atoms with E-state index in [1.807, 2.05) is 25.1 Å². The van der Waals surface area contributed by atoms with Crippen LogP contribution in [0.3, 0.4) is 0 Å². The molecule has 4 rings (SSSR count). The summed E-state index contributed by atoms with van der Waals surface area (Å²) in [6, 6.07) is 7.66. The summed E-state index contributed by atoms with van der Waals surface area (Å²) in [6.07, 6.45) is 4.93. The van der Waals surface area contributed by atoms with Crippen LogP contribution in [0.4, 0.5) is 5.69 Å². The molecule has 1 N–H and O–H groups in total. The lowest BCUT2D eigenvalue weighted by Crippen LogP contribution is -2.41. The van der Waals surface area contributed by atoms with Gasteiger partial charge in [-0.2, -0.15) is 0 Å². The number of anilines is 1. The second-order valence-corrected chi connectivity index (χ2v) is 6.93. The van der Waals surface area contributed by atoms with Crippen LogP contribution in [0.15, 0.2) is 41.1 Å². The highest BCUT2D eigenvalue weighted by atomic mass is 16.5. The quantitative estimate of drug-likeness (QED) is 0.926. The van der Waals surface area contributed by atoms with Gasteiger partial charge >= 0.3 is 0 Å². The minimum absolute atomic E-state index is 0.0735. The Bertz CT molecular complexity index is 731. The van der Waals surface area contributed by atoms with Crippen LogP contribution in [0.5, 0.6) is 0 Å². The summed E-state index contributed by atoms with van der Waals surface area (Å²) >= 11 is 0. The predicted octanol–water partition coefficient (Wildman–Crippen LogP) is 2.60. The minimum atomic E-state index is -0.374. The standard InChI is InChI=1S/C19H23N3O3/c1-13-4-5-16(24-13)11-22-8-6-14-9-17(25-18(14)12-22)19(23)21-15-3-2-7-20-10-15/h2-5,7,10,14,17-18H,6,8-9,11-12H2,1H3,(H,21,23)/t14-,17+,18+/m1/s1. The van der Waals surface area contributed by atoms with Crippen molar-refractivity contribution in [3.8, 4) is 0 Å². The number of piperidine rings is 1. The fourth-order valence-electron chi connectivity index (χ4n) is 3.76. The molecule has 0 spiro atoms. The van der Waals surface area contributed by atoms with Gasteiger partial charge in [-0.05, 0) is 56.5 Å². The van der Waals surface area contributed by atoms with Crippen molar-refractivity contribution in [2.24, 2.45) is 5.92 Å². The van der Waals surface area contributed by atoms with Gasteiger partial charge < -0.3 is 14.5 Å². The number of hydrogen-bond acceptors (Lipinski definition) is 5.